The molecule has 0 aliphatic heterocycles. The first-order chi connectivity index (χ1) is 28.3. The lowest BCUT2D eigenvalue weighted by atomic mass is 10.0. The summed E-state index contributed by atoms with van der Waals surface area (Å²) < 4.78 is 26.6. The number of hydrogen-bond acceptors (Lipinski definition) is 9. The minimum Gasteiger partial charge on any atom is -0.490 e. The van der Waals surface area contributed by atoms with Crippen LogP contribution in [0, 0.1) is 35.7 Å². The van der Waals surface area contributed by atoms with Crippen molar-refractivity contribution in [2.75, 3.05) is 6.61 Å². The third kappa shape index (κ3) is 14.4. The molecule has 0 aliphatic carbocycles. The summed E-state index contributed by atoms with van der Waals surface area (Å²) in [6, 6.07) is 24.4. The zero-order chi connectivity index (χ0) is 42.7. The fraction of sp³-hybridized carbons (Fsp3) is 0.0800. The lowest BCUT2D eigenvalue weighted by Gasteiger charge is -2.10. The van der Waals surface area contributed by atoms with Gasteiger partial charge in [0.1, 0.15) is 30.0 Å². The Kier molecular flexibility index (Phi) is 16.0. The first-order valence-corrected chi connectivity index (χ1v) is 17.8. The van der Waals surface area contributed by atoms with Gasteiger partial charge < -0.3 is 23.7 Å². The Morgan fingerprint density at radius 1 is 0.610 bits per heavy atom. The Hall–Kier alpha value is -8.32. The van der Waals surface area contributed by atoms with Gasteiger partial charge >= 0.3 is 23.9 Å². The molecule has 0 fully saturated rings. The van der Waals surface area contributed by atoms with Crippen LogP contribution in [0.1, 0.15) is 59.7 Å². The molecule has 9 nitrogen and oxygen atoms in total. The highest BCUT2D eigenvalue weighted by Crippen LogP contribution is 2.27. The van der Waals surface area contributed by atoms with Crippen LogP contribution in [0.15, 0.2) is 146 Å². The molecule has 0 radical (unpaired) electrons. The molecule has 0 amide bonds. The Balaban J connectivity index is 1.54. The van der Waals surface area contributed by atoms with Crippen molar-refractivity contribution in [3.05, 3.63) is 185 Å². The van der Waals surface area contributed by atoms with Crippen molar-refractivity contribution in [1.29, 1.82) is 0 Å². The Morgan fingerprint density at radius 3 is 1.78 bits per heavy atom. The highest BCUT2D eigenvalue weighted by atomic mass is 16.5. The van der Waals surface area contributed by atoms with Gasteiger partial charge in [-0.1, -0.05) is 68.2 Å². The van der Waals surface area contributed by atoms with Crippen molar-refractivity contribution >= 4 is 36.0 Å². The number of benzene rings is 4. The van der Waals surface area contributed by atoms with E-state index in [1.54, 1.807) is 67.6 Å². The van der Waals surface area contributed by atoms with Gasteiger partial charge in [0.05, 0.1) is 11.8 Å². The van der Waals surface area contributed by atoms with Crippen molar-refractivity contribution in [3.63, 3.8) is 0 Å². The molecule has 59 heavy (non-hydrogen) atoms. The number of carbonyl (C=O) groups is 4. The first kappa shape index (κ1) is 43.4. The Labute approximate surface area is 343 Å². The third-order valence-corrected chi connectivity index (χ3v) is 7.49. The van der Waals surface area contributed by atoms with E-state index in [2.05, 4.69) is 62.0 Å². The Bertz CT molecular complexity index is 2550. The molecule has 0 heterocycles. The van der Waals surface area contributed by atoms with Gasteiger partial charge in [-0.2, -0.15) is 0 Å². The van der Waals surface area contributed by atoms with Crippen molar-refractivity contribution < 1.29 is 42.9 Å². The lowest BCUT2D eigenvalue weighted by Crippen LogP contribution is -2.10. The number of carbonyl (C=O) groups excluding carboxylic acids is 4. The molecule has 4 aromatic carbocycles. The second-order valence-electron chi connectivity index (χ2n) is 12.5. The number of esters is 4. The van der Waals surface area contributed by atoms with Gasteiger partial charge in [0.15, 0.2) is 0 Å². The number of rotatable bonds is 12. The fourth-order valence-corrected chi connectivity index (χ4v) is 4.41. The molecule has 0 aromatic heterocycles. The first-order valence-electron chi connectivity index (χ1n) is 17.8. The maximum atomic E-state index is 12.8. The summed E-state index contributed by atoms with van der Waals surface area (Å²) >= 11 is 0. The SMILES string of the molecule is C=CC(=O)Oc1ccc(C#Cc2c(C=COC(=O)C(=C)C)cc(C#Cc3ccc(C=CCOc4ccc(C#COC(=O)C(=C)C)cc4)cc3)cc2OC(=O)C(=C)C)cc1. The normalized spacial score (nSPS) is 10.0. The summed E-state index contributed by atoms with van der Waals surface area (Å²) in [5.74, 6) is 13.7. The van der Waals surface area contributed by atoms with E-state index in [9.17, 15) is 19.2 Å². The van der Waals surface area contributed by atoms with E-state index in [1.165, 1.54) is 26.2 Å². The van der Waals surface area contributed by atoms with Crippen LogP contribution in [0.4, 0.5) is 0 Å². The smallest absolute Gasteiger partial charge is 0.347 e. The Morgan fingerprint density at radius 2 is 1.17 bits per heavy atom. The summed E-state index contributed by atoms with van der Waals surface area (Å²) in [5.41, 5.74) is 4.74. The van der Waals surface area contributed by atoms with E-state index in [1.807, 2.05) is 36.4 Å². The number of ether oxygens (including phenoxy) is 5. The van der Waals surface area contributed by atoms with Crippen LogP contribution in [-0.2, 0) is 28.7 Å². The van der Waals surface area contributed by atoms with E-state index < -0.39 is 23.9 Å². The van der Waals surface area contributed by atoms with Crippen LogP contribution in [-0.4, -0.2) is 30.5 Å². The summed E-state index contributed by atoms with van der Waals surface area (Å²) in [6.07, 6.45) is 9.92. The van der Waals surface area contributed by atoms with Crippen LogP contribution in [0.25, 0.3) is 12.2 Å². The zero-order valence-electron chi connectivity index (χ0n) is 32.7. The van der Waals surface area contributed by atoms with E-state index in [0.717, 1.165) is 17.2 Å². The summed E-state index contributed by atoms with van der Waals surface area (Å²) in [5, 5.41) is 0. The lowest BCUT2D eigenvalue weighted by molar-refractivity contribution is -0.134. The molecule has 292 valence electrons. The molecule has 9 heteroatoms. The molecule has 0 saturated carbocycles. The van der Waals surface area contributed by atoms with Crippen LogP contribution >= 0.6 is 0 Å². The minimum atomic E-state index is -0.673. The van der Waals surface area contributed by atoms with Crippen molar-refractivity contribution in [3.8, 4) is 53.0 Å². The van der Waals surface area contributed by atoms with Gasteiger partial charge in [0.25, 0.3) is 0 Å². The topological polar surface area (TPSA) is 114 Å². The molecule has 0 aliphatic rings. The molecule has 4 rings (SSSR count). The quantitative estimate of drug-likeness (QED) is 0.0458. The minimum absolute atomic E-state index is 0.105. The average molecular weight is 783 g/mol. The highest BCUT2D eigenvalue weighted by molar-refractivity contribution is 5.90. The molecular weight excluding hydrogens is 745 g/mol. The van der Waals surface area contributed by atoms with E-state index in [4.69, 9.17) is 23.7 Å². The zero-order valence-corrected chi connectivity index (χ0v) is 32.7. The summed E-state index contributed by atoms with van der Waals surface area (Å²) in [4.78, 5) is 47.9. The van der Waals surface area contributed by atoms with E-state index in [-0.39, 0.29) is 22.5 Å². The van der Waals surface area contributed by atoms with Gasteiger partial charge in [-0.05, 0) is 123 Å². The molecular formula is C50H38O9. The second-order valence-corrected chi connectivity index (χ2v) is 12.5. The van der Waals surface area contributed by atoms with E-state index in [0.29, 0.717) is 45.9 Å². The van der Waals surface area contributed by atoms with Crippen LogP contribution in [0.3, 0.4) is 0 Å². The van der Waals surface area contributed by atoms with Gasteiger partial charge in [-0.3, -0.25) is 0 Å². The maximum Gasteiger partial charge on any atom is 0.347 e. The largest absolute Gasteiger partial charge is 0.490 e. The van der Waals surface area contributed by atoms with Gasteiger partial charge in [0, 0.05) is 45.0 Å². The van der Waals surface area contributed by atoms with Gasteiger partial charge in [0.2, 0.25) is 0 Å². The van der Waals surface area contributed by atoms with E-state index >= 15 is 0 Å². The summed E-state index contributed by atoms with van der Waals surface area (Å²) in [6.45, 7) is 19.1. The third-order valence-electron chi connectivity index (χ3n) is 7.49. The molecule has 4 aromatic rings. The molecule has 0 spiro atoms. The second kappa shape index (κ2) is 21.7. The predicted octanol–water partition coefficient (Wildman–Crippen LogP) is 8.67. The van der Waals surface area contributed by atoms with Crippen LogP contribution in [0.2, 0.25) is 0 Å². The fourth-order valence-electron chi connectivity index (χ4n) is 4.41. The molecule has 0 unspecified atom stereocenters. The van der Waals surface area contributed by atoms with Crippen LogP contribution in [0.5, 0.6) is 17.2 Å². The van der Waals surface area contributed by atoms with Gasteiger partial charge in [-0.25, -0.2) is 19.2 Å². The van der Waals surface area contributed by atoms with Crippen LogP contribution < -0.4 is 14.2 Å². The molecule has 0 N–H and O–H groups in total. The highest BCUT2D eigenvalue weighted by Gasteiger charge is 2.14. The molecule has 0 atom stereocenters. The van der Waals surface area contributed by atoms with Crippen molar-refractivity contribution in [2.45, 2.75) is 20.8 Å². The molecule has 0 bridgehead atoms. The average Bonchev–Trinajstić information content (AvgIpc) is 3.22. The predicted molar refractivity (Wildman–Crippen MR) is 226 cm³/mol. The van der Waals surface area contributed by atoms with Crippen molar-refractivity contribution in [2.24, 2.45) is 0 Å². The standard InChI is InChI=1S/C50H38O9/c1-8-47(51)58-44-24-19-39(20-25-44)21-26-45-42(28-31-57-49(53)35(4)5)32-41(33-46(45)59-50(54)36(6)7)16-15-38-13-11-37(12-14-38)10-9-29-55-43-22-17-40(18-23-43)27-30-56-48(52)34(2)3/h8-14,17-20,22-25,28,31-33H,1-2,4,6,29H2,3,5,7H3. The summed E-state index contributed by atoms with van der Waals surface area (Å²) in [7, 11) is 0. The maximum absolute atomic E-state index is 12.8. The monoisotopic (exact) mass is 782 g/mol. The van der Waals surface area contributed by atoms with Gasteiger partial charge in [-0.15, -0.1) is 0 Å². The molecule has 0 saturated heterocycles. The van der Waals surface area contributed by atoms with Crippen molar-refractivity contribution in [1.82, 2.24) is 0 Å². The number of hydrogen-bond donors (Lipinski definition) is 0.